The summed E-state index contributed by atoms with van der Waals surface area (Å²) < 4.78 is 0. The summed E-state index contributed by atoms with van der Waals surface area (Å²) >= 11 is 0. The molecule has 18 heavy (non-hydrogen) atoms. The molecule has 0 aromatic heterocycles. The fourth-order valence-corrected chi connectivity index (χ4v) is 2.11. The van der Waals surface area contributed by atoms with Gasteiger partial charge in [-0.2, -0.15) is 0 Å². The topological polar surface area (TPSA) is 20.2 Å². The fourth-order valence-electron chi connectivity index (χ4n) is 2.11. The van der Waals surface area contributed by atoms with Crippen LogP contribution in [0.25, 0.3) is 5.57 Å². The van der Waals surface area contributed by atoms with Gasteiger partial charge in [0.05, 0.1) is 6.61 Å². The van der Waals surface area contributed by atoms with E-state index < -0.39 is 0 Å². The van der Waals surface area contributed by atoms with E-state index >= 15 is 0 Å². The van der Waals surface area contributed by atoms with Crippen molar-refractivity contribution in [3.8, 4) is 0 Å². The molecule has 0 aliphatic rings. The van der Waals surface area contributed by atoms with Gasteiger partial charge < -0.3 is 5.11 Å². The van der Waals surface area contributed by atoms with Crippen molar-refractivity contribution >= 4 is 5.57 Å². The Kier molecular flexibility index (Phi) is 5.61. The summed E-state index contributed by atoms with van der Waals surface area (Å²) in [5.74, 6) is 1.07. The van der Waals surface area contributed by atoms with Crippen LogP contribution in [-0.2, 0) is 0 Å². The molecule has 0 spiro atoms. The summed E-state index contributed by atoms with van der Waals surface area (Å²) in [4.78, 5) is 0. The SMILES string of the molecule is CC/C(=C/CO)c1cc(C(C)C)cc(C(C)C)c1. The van der Waals surface area contributed by atoms with Crippen LogP contribution in [0.1, 0.15) is 69.6 Å². The number of rotatable bonds is 5. The van der Waals surface area contributed by atoms with Crippen LogP contribution in [0.2, 0.25) is 0 Å². The lowest BCUT2D eigenvalue weighted by atomic mass is 9.90. The van der Waals surface area contributed by atoms with Crippen molar-refractivity contribution in [2.24, 2.45) is 0 Å². The van der Waals surface area contributed by atoms with Gasteiger partial charge in [0.15, 0.2) is 0 Å². The zero-order chi connectivity index (χ0) is 13.7. The number of allylic oxidation sites excluding steroid dienone is 1. The first kappa shape index (κ1) is 15.0. The van der Waals surface area contributed by atoms with Gasteiger partial charge in [-0.3, -0.25) is 0 Å². The molecule has 100 valence electrons. The van der Waals surface area contributed by atoms with E-state index in [1.165, 1.54) is 22.3 Å². The van der Waals surface area contributed by atoms with E-state index in [4.69, 9.17) is 5.11 Å². The third kappa shape index (κ3) is 3.71. The molecule has 0 fully saturated rings. The molecular formula is C17H26O. The first-order valence-electron chi connectivity index (χ1n) is 6.94. The third-order valence-electron chi connectivity index (χ3n) is 3.40. The summed E-state index contributed by atoms with van der Waals surface area (Å²) in [5.41, 5.74) is 5.27. The van der Waals surface area contributed by atoms with E-state index in [0.29, 0.717) is 11.8 Å². The van der Waals surface area contributed by atoms with Crippen molar-refractivity contribution in [3.63, 3.8) is 0 Å². The van der Waals surface area contributed by atoms with Crippen LogP contribution in [0, 0.1) is 0 Å². The summed E-state index contributed by atoms with van der Waals surface area (Å²) in [7, 11) is 0. The first-order valence-corrected chi connectivity index (χ1v) is 6.94. The van der Waals surface area contributed by atoms with Gasteiger partial charge in [-0.15, -0.1) is 0 Å². The zero-order valence-corrected chi connectivity index (χ0v) is 12.3. The predicted octanol–water partition coefficient (Wildman–Crippen LogP) is 4.72. The Hall–Kier alpha value is -1.08. The van der Waals surface area contributed by atoms with Crippen molar-refractivity contribution in [1.82, 2.24) is 0 Å². The summed E-state index contributed by atoms with van der Waals surface area (Å²) in [6.45, 7) is 11.2. The van der Waals surface area contributed by atoms with Gasteiger partial charge in [-0.1, -0.05) is 58.9 Å². The Morgan fingerprint density at radius 3 is 1.89 bits per heavy atom. The first-order chi connectivity index (χ1) is 8.49. The molecule has 0 radical (unpaired) electrons. The molecule has 0 aliphatic carbocycles. The van der Waals surface area contributed by atoms with Crippen molar-refractivity contribution < 1.29 is 5.11 Å². The van der Waals surface area contributed by atoms with Crippen LogP contribution >= 0.6 is 0 Å². The number of aliphatic hydroxyl groups excluding tert-OH is 1. The van der Waals surface area contributed by atoms with Gasteiger partial charge >= 0.3 is 0 Å². The predicted molar refractivity (Wildman–Crippen MR) is 80.0 cm³/mol. The second-order valence-corrected chi connectivity index (χ2v) is 5.46. The second kappa shape index (κ2) is 6.75. The molecule has 1 rings (SSSR count). The Morgan fingerprint density at radius 1 is 1.06 bits per heavy atom. The molecule has 1 aromatic rings. The highest BCUT2D eigenvalue weighted by Crippen LogP contribution is 2.28. The summed E-state index contributed by atoms with van der Waals surface area (Å²) in [5, 5.41) is 9.11. The third-order valence-corrected chi connectivity index (χ3v) is 3.40. The van der Waals surface area contributed by atoms with Gasteiger partial charge in [0.25, 0.3) is 0 Å². The van der Waals surface area contributed by atoms with Crippen molar-refractivity contribution in [2.45, 2.75) is 52.9 Å². The minimum Gasteiger partial charge on any atom is -0.392 e. The lowest BCUT2D eigenvalue weighted by molar-refractivity contribution is 0.343. The average molecular weight is 246 g/mol. The molecule has 1 aromatic carbocycles. The molecule has 0 atom stereocenters. The smallest absolute Gasteiger partial charge is 0.0618 e. The second-order valence-electron chi connectivity index (χ2n) is 5.46. The van der Waals surface area contributed by atoms with Gasteiger partial charge in [-0.25, -0.2) is 0 Å². The normalized spacial score (nSPS) is 12.6. The average Bonchev–Trinajstić information content (AvgIpc) is 2.35. The maximum atomic E-state index is 9.11. The van der Waals surface area contributed by atoms with Crippen molar-refractivity contribution in [3.05, 3.63) is 41.0 Å². The number of benzene rings is 1. The molecule has 0 amide bonds. The van der Waals surface area contributed by atoms with Crippen LogP contribution in [0.15, 0.2) is 24.3 Å². The molecule has 0 unspecified atom stereocenters. The fraction of sp³-hybridized carbons (Fsp3) is 0.529. The standard InChI is InChI=1S/C17H26O/c1-6-14(7-8-18)17-10-15(12(2)3)9-16(11-17)13(4)5/h7,9-13,18H,6,8H2,1-5H3/b14-7-. The number of aliphatic hydroxyl groups is 1. The highest BCUT2D eigenvalue weighted by Gasteiger charge is 2.09. The van der Waals surface area contributed by atoms with Crippen LogP contribution in [0.5, 0.6) is 0 Å². The Balaban J connectivity index is 3.30. The van der Waals surface area contributed by atoms with Gasteiger partial charge in [0.2, 0.25) is 0 Å². The molecule has 1 heteroatoms. The van der Waals surface area contributed by atoms with Crippen molar-refractivity contribution in [2.75, 3.05) is 6.61 Å². The zero-order valence-electron chi connectivity index (χ0n) is 12.3. The van der Waals surface area contributed by atoms with E-state index in [9.17, 15) is 0 Å². The highest BCUT2D eigenvalue weighted by atomic mass is 16.2. The summed E-state index contributed by atoms with van der Waals surface area (Å²) in [6.07, 6.45) is 2.88. The van der Waals surface area contributed by atoms with E-state index in [1.54, 1.807) is 0 Å². The molecule has 0 saturated carbocycles. The Morgan fingerprint density at radius 2 is 1.56 bits per heavy atom. The van der Waals surface area contributed by atoms with Crippen LogP contribution in [0.4, 0.5) is 0 Å². The quantitative estimate of drug-likeness (QED) is 0.797. The Bertz CT molecular complexity index is 387. The van der Waals surface area contributed by atoms with E-state index in [1.807, 2.05) is 6.08 Å². The molecular weight excluding hydrogens is 220 g/mol. The van der Waals surface area contributed by atoms with Crippen LogP contribution in [-0.4, -0.2) is 11.7 Å². The van der Waals surface area contributed by atoms with Gasteiger partial charge in [0.1, 0.15) is 0 Å². The molecule has 0 heterocycles. The molecule has 0 saturated heterocycles. The largest absolute Gasteiger partial charge is 0.392 e. The maximum absolute atomic E-state index is 9.11. The van der Waals surface area contributed by atoms with Crippen LogP contribution in [0.3, 0.4) is 0 Å². The van der Waals surface area contributed by atoms with Gasteiger partial charge in [-0.05, 0) is 40.5 Å². The van der Waals surface area contributed by atoms with E-state index in [-0.39, 0.29) is 6.61 Å². The summed E-state index contributed by atoms with van der Waals surface area (Å²) in [6, 6.07) is 6.84. The van der Waals surface area contributed by atoms with Gasteiger partial charge in [0, 0.05) is 0 Å². The lowest BCUT2D eigenvalue weighted by Gasteiger charge is -2.15. The van der Waals surface area contributed by atoms with E-state index in [0.717, 1.165) is 6.42 Å². The molecule has 1 nitrogen and oxygen atoms in total. The molecule has 1 N–H and O–H groups in total. The number of hydrogen-bond acceptors (Lipinski definition) is 1. The lowest BCUT2D eigenvalue weighted by Crippen LogP contribution is -1.97. The Labute approximate surface area is 112 Å². The molecule has 0 bridgehead atoms. The van der Waals surface area contributed by atoms with Crippen LogP contribution < -0.4 is 0 Å². The molecule has 0 aliphatic heterocycles. The monoisotopic (exact) mass is 246 g/mol. The van der Waals surface area contributed by atoms with E-state index in [2.05, 4.69) is 52.8 Å². The minimum absolute atomic E-state index is 0.117. The maximum Gasteiger partial charge on any atom is 0.0618 e. The highest BCUT2D eigenvalue weighted by molar-refractivity contribution is 5.67. The minimum atomic E-state index is 0.117. The van der Waals surface area contributed by atoms with Crippen molar-refractivity contribution in [1.29, 1.82) is 0 Å². The number of hydrogen-bond donors (Lipinski definition) is 1.